The molecule has 1 saturated carbocycles. The molecule has 6 heteroatoms. The minimum Gasteiger partial charge on any atom is -0.474 e. The predicted molar refractivity (Wildman–Crippen MR) is 92.0 cm³/mol. The van der Waals surface area contributed by atoms with Crippen molar-refractivity contribution >= 4 is 10.9 Å². The van der Waals surface area contributed by atoms with Crippen LogP contribution in [-0.2, 0) is 19.9 Å². The maximum Gasteiger partial charge on any atom is 0.225 e. The zero-order valence-electron chi connectivity index (χ0n) is 14.0. The van der Waals surface area contributed by atoms with Crippen LogP contribution >= 0.6 is 0 Å². The molecule has 0 radical (unpaired) electrons. The number of rotatable bonds is 5. The maximum atomic E-state index is 6.24. The smallest absolute Gasteiger partial charge is 0.225 e. The highest BCUT2D eigenvalue weighted by atomic mass is 16.5. The van der Waals surface area contributed by atoms with Gasteiger partial charge in [0, 0.05) is 25.1 Å². The third kappa shape index (κ3) is 3.13. The molecular weight excluding hydrogens is 302 g/mol. The second kappa shape index (κ2) is 6.63. The van der Waals surface area contributed by atoms with Gasteiger partial charge < -0.3 is 4.74 Å². The van der Waals surface area contributed by atoms with Gasteiger partial charge in [-0.05, 0) is 50.2 Å². The number of nitrogens with zero attached hydrogens (tertiary/aromatic N) is 4. The van der Waals surface area contributed by atoms with Crippen molar-refractivity contribution < 1.29 is 4.74 Å². The first-order valence-corrected chi connectivity index (χ1v) is 8.76. The number of H-pyrrole nitrogens is 1. The van der Waals surface area contributed by atoms with Gasteiger partial charge in [-0.3, -0.25) is 9.78 Å². The van der Waals surface area contributed by atoms with Gasteiger partial charge in [-0.25, -0.2) is 4.98 Å². The molecule has 0 unspecified atom stereocenters. The first-order chi connectivity index (χ1) is 11.8. The van der Waals surface area contributed by atoms with Crippen LogP contribution in [0.15, 0.2) is 24.7 Å². The summed E-state index contributed by atoms with van der Waals surface area (Å²) >= 11 is 0. The van der Waals surface area contributed by atoms with E-state index in [-0.39, 0.29) is 6.10 Å². The Balaban J connectivity index is 1.56. The number of fused-ring (bicyclic) bond motifs is 1. The van der Waals surface area contributed by atoms with E-state index in [4.69, 9.17) is 4.74 Å². The van der Waals surface area contributed by atoms with Crippen molar-refractivity contribution in [2.24, 2.45) is 7.05 Å². The fourth-order valence-electron chi connectivity index (χ4n) is 3.47. The molecule has 0 saturated heterocycles. The van der Waals surface area contributed by atoms with Gasteiger partial charge >= 0.3 is 0 Å². The normalized spacial score (nSPS) is 15.9. The van der Waals surface area contributed by atoms with Crippen LogP contribution in [0.2, 0.25) is 0 Å². The number of hydrogen-bond donors (Lipinski definition) is 1. The van der Waals surface area contributed by atoms with Crippen LogP contribution in [0.4, 0.5) is 0 Å². The van der Waals surface area contributed by atoms with Gasteiger partial charge in [-0.1, -0.05) is 6.42 Å². The van der Waals surface area contributed by atoms with Gasteiger partial charge in [0.05, 0.1) is 17.1 Å². The SMILES string of the molecule is Cn1cc(CCc2[nH]nc3ccnc(OC4CCCCC4)c23)cn1. The number of aromatic amines is 1. The zero-order chi connectivity index (χ0) is 16.4. The monoisotopic (exact) mass is 325 g/mol. The quantitative estimate of drug-likeness (QED) is 0.782. The number of nitrogens with one attached hydrogen (secondary N) is 1. The van der Waals surface area contributed by atoms with Crippen molar-refractivity contribution in [2.75, 3.05) is 0 Å². The van der Waals surface area contributed by atoms with E-state index < -0.39 is 0 Å². The summed E-state index contributed by atoms with van der Waals surface area (Å²) in [4.78, 5) is 4.49. The minimum absolute atomic E-state index is 0.290. The Morgan fingerprint density at radius 3 is 2.92 bits per heavy atom. The number of pyridine rings is 1. The van der Waals surface area contributed by atoms with Crippen molar-refractivity contribution in [3.05, 3.63) is 35.9 Å². The average Bonchev–Trinajstić information content (AvgIpc) is 3.21. The molecule has 0 spiro atoms. The van der Waals surface area contributed by atoms with Gasteiger partial charge in [-0.15, -0.1) is 0 Å². The van der Waals surface area contributed by atoms with Crippen LogP contribution in [0.25, 0.3) is 10.9 Å². The first-order valence-electron chi connectivity index (χ1n) is 8.76. The van der Waals surface area contributed by atoms with Gasteiger partial charge in [-0.2, -0.15) is 10.2 Å². The third-order valence-electron chi connectivity index (χ3n) is 4.76. The van der Waals surface area contributed by atoms with Crippen LogP contribution in [0, 0.1) is 0 Å². The largest absolute Gasteiger partial charge is 0.474 e. The fraction of sp³-hybridized carbons (Fsp3) is 0.500. The van der Waals surface area contributed by atoms with E-state index in [0.717, 1.165) is 48.2 Å². The van der Waals surface area contributed by atoms with Crippen LogP contribution in [-0.4, -0.2) is 31.1 Å². The summed E-state index contributed by atoms with van der Waals surface area (Å²) in [5, 5.41) is 12.9. The maximum absolute atomic E-state index is 6.24. The second-order valence-electron chi connectivity index (χ2n) is 6.61. The molecule has 0 atom stereocenters. The first kappa shape index (κ1) is 15.2. The molecule has 1 fully saturated rings. The standard InChI is InChI=1S/C18H23N5O/c1-23-12-13(11-20-23)7-8-15-17-16(22-21-15)9-10-19-18(17)24-14-5-3-2-4-6-14/h9-12,14H,2-8H2,1H3,(H,21,22). The molecule has 0 aromatic carbocycles. The van der Waals surface area contributed by atoms with E-state index in [9.17, 15) is 0 Å². The van der Waals surface area contributed by atoms with Gasteiger partial charge in [0.1, 0.15) is 6.10 Å². The number of aryl methyl sites for hydroxylation is 3. The predicted octanol–water partition coefficient (Wildman–Crippen LogP) is 3.19. The summed E-state index contributed by atoms with van der Waals surface area (Å²) in [5.74, 6) is 0.731. The highest BCUT2D eigenvalue weighted by Crippen LogP contribution is 2.29. The molecule has 6 nitrogen and oxygen atoms in total. The molecule has 0 aliphatic heterocycles. The Morgan fingerprint density at radius 2 is 2.12 bits per heavy atom. The molecule has 0 amide bonds. The van der Waals surface area contributed by atoms with Crippen molar-refractivity contribution in [3.8, 4) is 5.88 Å². The lowest BCUT2D eigenvalue weighted by atomic mass is 9.98. The summed E-state index contributed by atoms with van der Waals surface area (Å²) in [6.07, 6.45) is 13.9. The van der Waals surface area contributed by atoms with E-state index in [1.54, 1.807) is 6.20 Å². The molecule has 4 rings (SSSR count). The highest BCUT2D eigenvalue weighted by Gasteiger charge is 2.19. The van der Waals surface area contributed by atoms with Gasteiger partial charge in [0.2, 0.25) is 5.88 Å². The molecule has 24 heavy (non-hydrogen) atoms. The lowest BCUT2D eigenvalue weighted by Gasteiger charge is -2.22. The Bertz CT molecular complexity index is 816. The van der Waals surface area contributed by atoms with Crippen LogP contribution < -0.4 is 4.74 Å². The second-order valence-corrected chi connectivity index (χ2v) is 6.61. The summed E-state index contributed by atoms with van der Waals surface area (Å²) in [7, 11) is 1.94. The molecule has 126 valence electrons. The molecule has 1 aliphatic carbocycles. The third-order valence-corrected chi connectivity index (χ3v) is 4.76. The Hall–Kier alpha value is -2.37. The molecule has 3 aromatic heterocycles. The summed E-state index contributed by atoms with van der Waals surface area (Å²) in [6.45, 7) is 0. The summed E-state index contributed by atoms with van der Waals surface area (Å²) in [6, 6.07) is 1.94. The minimum atomic E-state index is 0.290. The molecular formula is C18H23N5O. The summed E-state index contributed by atoms with van der Waals surface area (Å²) < 4.78 is 8.07. The average molecular weight is 325 g/mol. The Labute approximate surface area is 141 Å². The van der Waals surface area contributed by atoms with Crippen LogP contribution in [0.3, 0.4) is 0 Å². The Kier molecular flexibility index (Phi) is 4.19. The van der Waals surface area contributed by atoms with Crippen LogP contribution in [0.1, 0.15) is 43.4 Å². The van der Waals surface area contributed by atoms with Crippen LogP contribution in [0.5, 0.6) is 5.88 Å². The highest BCUT2D eigenvalue weighted by molar-refractivity contribution is 5.86. The van der Waals surface area contributed by atoms with E-state index in [1.807, 2.05) is 24.0 Å². The molecule has 1 aliphatic rings. The topological polar surface area (TPSA) is 68.6 Å². The van der Waals surface area contributed by atoms with Crippen molar-refractivity contribution in [1.29, 1.82) is 0 Å². The Morgan fingerprint density at radius 1 is 1.25 bits per heavy atom. The fourth-order valence-corrected chi connectivity index (χ4v) is 3.47. The van der Waals surface area contributed by atoms with Crippen molar-refractivity contribution in [2.45, 2.75) is 51.0 Å². The molecule has 3 aromatic rings. The lowest BCUT2D eigenvalue weighted by molar-refractivity contribution is 0.151. The van der Waals surface area contributed by atoms with E-state index in [1.165, 1.54) is 24.8 Å². The zero-order valence-corrected chi connectivity index (χ0v) is 14.0. The number of ether oxygens (including phenoxy) is 1. The van der Waals surface area contributed by atoms with E-state index in [2.05, 4.69) is 26.5 Å². The van der Waals surface area contributed by atoms with Gasteiger partial charge in [0.15, 0.2) is 0 Å². The summed E-state index contributed by atoms with van der Waals surface area (Å²) in [5.41, 5.74) is 3.24. The number of hydrogen-bond acceptors (Lipinski definition) is 4. The van der Waals surface area contributed by atoms with E-state index in [0.29, 0.717) is 0 Å². The molecule has 1 N–H and O–H groups in total. The lowest BCUT2D eigenvalue weighted by Crippen LogP contribution is -2.20. The number of aromatic nitrogens is 5. The van der Waals surface area contributed by atoms with Crippen molar-refractivity contribution in [1.82, 2.24) is 25.0 Å². The van der Waals surface area contributed by atoms with E-state index >= 15 is 0 Å². The van der Waals surface area contributed by atoms with Gasteiger partial charge in [0.25, 0.3) is 0 Å². The molecule has 3 heterocycles. The van der Waals surface area contributed by atoms with Crippen molar-refractivity contribution in [3.63, 3.8) is 0 Å². The molecule has 0 bridgehead atoms.